The fraction of sp³-hybridized carbons (Fsp3) is 0.833. The highest BCUT2D eigenvalue weighted by Gasteiger charge is 2.23. The molecular formula is C12H25N3O3. The van der Waals surface area contributed by atoms with E-state index in [2.05, 4.69) is 29.4 Å². The van der Waals surface area contributed by atoms with Crippen molar-refractivity contribution in [1.29, 1.82) is 0 Å². The fourth-order valence-corrected chi connectivity index (χ4v) is 1.57. The molecule has 0 rings (SSSR count). The van der Waals surface area contributed by atoms with Gasteiger partial charge in [-0.25, -0.2) is 9.59 Å². The number of carbonyl (C=O) groups is 2. The van der Waals surface area contributed by atoms with E-state index >= 15 is 0 Å². The third-order valence-corrected chi connectivity index (χ3v) is 2.83. The van der Waals surface area contributed by atoms with Crippen LogP contribution in [-0.2, 0) is 4.79 Å². The van der Waals surface area contributed by atoms with Crippen LogP contribution in [0.1, 0.15) is 27.7 Å². The molecule has 0 aliphatic heterocycles. The Hall–Kier alpha value is -1.30. The number of carboxylic acid groups (broad SMARTS) is 1. The van der Waals surface area contributed by atoms with Crippen molar-refractivity contribution >= 4 is 12.0 Å². The summed E-state index contributed by atoms with van der Waals surface area (Å²) in [5, 5.41) is 14.1. The molecule has 6 heteroatoms. The Bertz CT molecular complexity index is 265. The minimum atomic E-state index is -1.01. The van der Waals surface area contributed by atoms with Gasteiger partial charge < -0.3 is 20.6 Å². The van der Waals surface area contributed by atoms with Gasteiger partial charge >= 0.3 is 12.0 Å². The monoisotopic (exact) mass is 259 g/mol. The van der Waals surface area contributed by atoms with E-state index in [-0.39, 0.29) is 5.92 Å². The molecule has 0 spiro atoms. The van der Waals surface area contributed by atoms with Crippen molar-refractivity contribution < 1.29 is 14.7 Å². The lowest BCUT2D eigenvalue weighted by Crippen LogP contribution is -2.49. The minimum absolute atomic E-state index is 0.143. The smallest absolute Gasteiger partial charge is 0.326 e. The Labute approximate surface area is 109 Å². The Balaban J connectivity index is 3.99. The molecule has 0 aliphatic carbocycles. The summed E-state index contributed by atoms with van der Waals surface area (Å²) in [5.41, 5.74) is 0. The lowest BCUT2D eigenvalue weighted by atomic mass is 10.1. The predicted octanol–water partition coefficient (Wildman–Crippen LogP) is 0.737. The van der Waals surface area contributed by atoms with E-state index in [1.807, 2.05) is 0 Å². The van der Waals surface area contributed by atoms with E-state index in [0.717, 1.165) is 19.6 Å². The maximum atomic E-state index is 11.5. The SMILES string of the molecule is CCN(CC)CCNC(=O)NC(C(=O)O)C(C)C. The van der Waals surface area contributed by atoms with Gasteiger partial charge in [-0.15, -0.1) is 0 Å². The second-order valence-corrected chi connectivity index (χ2v) is 4.49. The summed E-state index contributed by atoms with van der Waals surface area (Å²) in [6.07, 6.45) is 0. The predicted molar refractivity (Wildman–Crippen MR) is 70.6 cm³/mol. The summed E-state index contributed by atoms with van der Waals surface area (Å²) in [7, 11) is 0. The summed E-state index contributed by atoms with van der Waals surface area (Å²) in [6.45, 7) is 10.8. The van der Waals surface area contributed by atoms with Crippen LogP contribution in [0, 0.1) is 5.92 Å². The third-order valence-electron chi connectivity index (χ3n) is 2.83. The van der Waals surface area contributed by atoms with Crippen LogP contribution in [0.4, 0.5) is 4.79 Å². The number of likely N-dealkylation sites (N-methyl/N-ethyl adjacent to an activating group) is 1. The molecule has 1 atom stereocenters. The van der Waals surface area contributed by atoms with E-state index in [0.29, 0.717) is 6.54 Å². The van der Waals surface area contributed by atoms with Crippen molar-refractivity contribution in [3.05, 3.63) is 0 Å². The Morgan fingerprint density at radius 2 is 1.78 bits per heavy atom. The zero-order chi connectivity index (χ0) is 14.1. The highest BCUT2D eigenvalue weighted by atomic mass is 16.4. The number of rotatable bonds is 8. The summed E-state index contributed by atoms with van der Waals surface area (Å²) in [6, 6.07) is -1.28. The van der Waals surface area contributed by atoms with Crippen LogP contribution in [-0.4, -0.2) is 54.2 Å². The van der Waals surface area contributed by atoms with Crippen molar-refractivity contribution in [3.63, 3.8) is 0 Å². The number of nitrogens with zero attached hydrogens (tertiary/aromatic N) is 1. The number of nitrogens with one attached hydrogen (secondary N) is 2. The van der Waals surface area contributed by atoms with Crippen molar-refractivity contribution in [1.82, 2.24) is 15.5 Å². The van der Waals surface area contributed by atoms with E-state index in [1.165, 1.54) is 0 Å². The zero-order valence-corrected chi connectivity index (χ0v) is 11.7. The average Bonchev–Trinajstić information content (AvgIpc) is 2.31. The number of amides is 2. The van der Waals surface area contributed by atoms with Crippen LogP contribution < -0.4 is 10.6 Å². The Morgan fingerprint density at radius 3 is 2.17 bits per heavy atom. The largest absolute Gasteiger partial charge is 0.480 e. The van der Waals surface area contributed by atoms with Crippen molar-refractivity contribution in [3.8, 4) is 0 Å². The molecule has 6 nitrogen and oxygen atoms in total. The molecule has 0 saturated heterocycles. The second kappa shape index (κ2) is 8.74. The van der Waals surface area contributed by atoms with Crippen LogP contribution in [0.5, 0.6) is 0 Å². The quantitative estimate of drug-likeness (QED) is 0.600. The summed E-state index contributed by atoms with van der Waals surface area (Å²) >= 11 is 0. The number of urea groups is 1. The molecule has 0 radical (unpaired) electrons. The van der Waals surface area contributed by atoms with Crippen LogP contribution in [0.2, 0.25) is 0 Å². The zero-order valence-electron chi connectivity index (χ0n) is 11.7. The van der Waals surface area contributed by atoms with Gasteiger partial charge in [0, 0.05) is 13.1 Å². The van der Waals surface area contributed by atoms with Gasteiger partial charge in [0.1, 0.15) is 6.04 Å². The van der Waals surface area contributed by atoms with Gasteiger partial charge in [-0.05, 0) is 19.0 Å². The van der Waals surface area contributed by atoms with Gasteiger partial charge in [-0.2, -0.15) is 0 Å². The molecule has 0 saturated carbocycles. The van der Waals surface area contributed by atoms with Gasteiger partial charge in [-0.3, -0.25) is 0 Å². The fourth-order valence-electron chi connectivity index (χ4n) is 1.57. The number of carbonyl (C=O) groups excluding carboxylic acids is 1. The number of carboxylic acids is 1. The van der Waals surface area contributed by atoms with Gasteiger partial charge in [0.05, 0.1) is 0 Å². The van der Waals surface area contributed by atoms with Crippen molar-refractivity contribution in [2.24, 2.45) is 5.92 Å². The van der Waals surface area contributed by atoms with Gasteiger partial charge in [0.25, 0.3) is 0 Å². The summed E-state index contributed by atoms with van der Waals surface area (Å²) in [4.78, 5) is 24.6. The molecule has 2 amide bonds. The van der Waals surface area contributed by atoms with E-state index in [9.17, 15) is 9.59 Å². The van der Waals surface area contributed by atoms with Crippen LogP contribution in [0.25, 0.3) is 0 Å². The topological polar surface area (TPSA) is 81.7 Å². The maximum absolute atomic E-state index is 11.5. The Kier molecular flexibility index (Phi) is 8.11. The molecule has 0 heterocycles. The third kappa shape index (κ3) is 6.44. The molecule has 106 valence electrons. The molecule has 0 aromatic heterocycles. The summed E-state index contributed by atoms with van der Waals surface area (Å²) in [5.74, 6) is -1.15. The molecule has 1 unspecified atom stereocenters. The molecule has 0 aromatic rings. The van der Waals surface area contributed by atoms with Gasteiger partial charge in [0.15, 0.2) is 0 Å². The normalized spacial score (nSPS) is 12.6. The van der Waals surface area contributed by atoms with Crippen LogP contribution in [0.3, 0.4) is 0 Å². The first-order valence-corrected chi connectivity index (χ1v) is 6.41. The second-order valence-electron chi connectivity index (χ2n) is 4.49. The molecular weight excluding hydrogens is 234 g/mol. The van der Waals surface area contributed by atoms with E-state index in [1.54, 1.807) is 13.8 Å². The van der Waals surface area contributed by atoms with E-state index in [4.69, 9.17) is 5.11 Å². The maximum Gasteiger partial charge on any atom is 0.326 e. The standard InChI is InChI=1S/C12H25N3O3/c1-5-15(6-2)8-7-13-12(18)14-10(9(3)4)11(16)17/h9-10H,5-8H2,1-4H3,(H,16,17)(H2,13,14,18). The lowest BCUT2D eigenvalue weighted by molar-refractivity contribution is -0.140. The van der Waals surface area contributed by atoms with E-state index < -0.39 is 18.0 Å². The first-order chi connectivity index (χ1) is 8.42. The molecule has 3 N–H and O–H groups in total. The van der Waals surface area contributed by atoms with Gasteiger partial charge in [-0.1, -0.05) is 27.7 Å². The van der Waals surface area contributed by atoms with Crippen LogP contribution in [0.15, 0.2) is 0 Å². The number of aliphatic carboxylic acids is 1. The molecule has 0 fully saturated rings. The molecule has 0 bridgehead atoms. The lowest BCUT2D eigenvalue weighted by Gasteiger charge is -2.20. The van der Waals surface area contributed by atoms with Crippen molar-refractivity contribution in [2.75, 3.05) is 26.2 Å². The highest BCUT2D eigenvalue weighted by Crippen LogP contribution is 2.01. The minimum Gasteiger partial charge on any atom is -0.480 e. The van der Waals surface area contributed by atoms with Gasteiger partial charge in [0.2, 0.25) is 0 Å². The Morgan fingerprint density at radius 1 is 1.22 bits per heavy atom. The summed E-state index contributed by atoms with van der Waals surface area (Å²) < 4.78 is 0. The molecule has 0 aromatic carbocycles. The average molecular weight is 259 g/mol. The first kappa shape index (κ1) is 16.7. The first-order valence-electron chi connectivity index (χ1n) is 6.41. The van der Waals surface area contributed by atoms with Crippen LogP contribution >= 0.6 is 0 Å². The number of hydrogen-bond acceptors (Lipinski definition) is 3. The molecule has 18 heavy (non-hydrogen) atoms. The molecule has 0 aliphatic rings. The highest BCUT2D eigenvalue weighted by molar-refractivity contribution is 5.82. The number of hydrogen-bond donors (Lipinski definition) is 3. The van der Waals surface area contributed by atoms with Crippen molar-refractivity contribution in [2.45, 2.75) is 33.7 Å².